The molecule has 6 heteroatoms. The number of methoxy groups -OCH3 is 2. The molecule has 0 saturated heterocycles. The van der Waals surface area contributed by atoms with Gasteiger partial charge < -0.3 is 19.3 Å². The van der Waals surface area contributed by atoms with E-state index in [1.54, 1.807) is 26.4 Å². The third-order valence-corrected chi connectivity index (χ3v) is 8.57. The molecule has 2 fully saturated rings. The van der Waals surface area contributed by atoms with Crippen molar-refractivity contribution in [2.75, 3.05) is 14.2 Å². The number of carboxylic acid groups (broad SMARTS) is 1. The van der Waals surface area contributed by atoms with Gasteiger partial charge in [0.2, 0.25) is 0 Å². The van der Waals surface area contributed by atoms with Gasteiger partial charge in [0.05, 0.1) is 19.6 Å². The summed E-state index contributed by atoms with van der Waals surface area (Å²) in [6.07, 6.45) is 5.96. The lowest BCUT2D eigenvalue weighted by molar-refractivity contribution is -0.137. The molecule has 39 heavy (non-hydrogen) atoms. The average molecular weight is 531 g/mol. The van der Waals surface area contributed by atoms with Crippen LogP contribution in [0.1, 0.15) is 78.9 Å². The fourth-order valence-corrected chi connectivity index (χ4v) is 6.17. The number of carboxylic acids is 1. The maximum Gasteiger partial charge on any atom is 0.303 e. The number of benzene rings is 3. The van der Waals surface area contributed by atoms with Crippen molar-refractivity contribution in [3.05, 3.63) is 82.7 Å². The molecule has 1 aliphatic heterocycles. The predicted octanol–water partition coefficient (Wildman–Crippen LogP) is 7.63. The fraction of sp³-hybridized carbons (Fsp3) is 0.424. The number of carbonyl (C=O) groups is 1. The Labute approximate surface area is 228 Å². The van der Waals surface area contributed by atoms with Crippen molar-refractivity contribution in [3.8, 4) is 22.6 Å². The Hall–Kier alpha value is -3.38. The van der Waals surface area contributed by atoms with Crippen LogP contribution in [0.5, 0.6) is 11.5 Å². The lowest BCUT2D eigenvalue weighted by Gasteiger charge is -2.29. The first kappa shape index (κ1) is 25.9. The minimum Gasteiger partial charge on any atom is -0.497 e. The van der Waals surface area contributed by atoms with Crippen LogP contribution in [0, 0.1) is 17.7 Å². The van der Waals surface area contributed by atoms with Crippen molar-refractivity contribution >= 4 is 5.97 Å². The number of halogens is 1. The van der Waals surface area contributed by atoms with Crippen LogP contribution in [0.2, 0.25) is 0 Å². The fourth-order valence-electron chi connectivity index (χ4n) is 6.17. The third-order valence-electron chi connectivity index (χ3n) is 8.57. The molecule has 0 radical (unpaired) electrons. The zero-order valence-corrected chi connectivity index (χ0v) is 22.5. The van der Waals surface area contributed by atoms with E-state index >= 15 is 4.39 Å². The van der Waals surface area contributed by atoms with E-state index in [4.69, 9.17) is 14.2 Å². The van der Waals surface area contributed by atoms with Gasteiger partial charge >= 0.3 is 5.97 Å². The lowest BCUT2D eigenvalue weighted by Crippen LogP contribution is -2.17. The van der Waals surface area contributed by atoms with E-state index in [2.05, 4.69) is 24.3 Å². The second-order valence-electron chi connectivity index (χ2n) is 11.2. The Morgan fingerprint density at radius 3 is 2.46 bits per heavy atom. The Morgan fingerprint density at radius 1 is 0.974 bits per heavy atom. The van der Waals surface area contributed by atoms with Gasteiger partial charge in [-0.15, -0.1) is 0 Å². The summed E-state index contributed by atoms with van der Waals surface area (Å²) >= 11 is 0. The molecule has 0 spiro atoms. The predicted molar refractivity (Wildman–Crippen MR) is 147 cm³/mol. The van der Waals surface area contributed by atoms with Gasteiger partial charge in [0.15, 0.2) is 0 Å². The van der Waals surface area contributed by atoms with Crippen molar-refractivity contribution in [2.24, 2.45) is 11.8 Å². The molecule has 3 aliphatic rings. The second-order valence-corrected chi connectivity index (χ2v) is 11.2. The molecule has 1 N–H and O–H groups in total. The Kier molecular flexibility index (Phi) is 7.06. The molecule has 204 valence electrons. The van der Waals surface area contributed by atoms with Gasteiger partial charge in [-0.25, -0.2) is 4.39 Å². The Balaban J connectivity index is 1.34. The molecule has 3 aromatic carbocycles. The van der Waals surface area contributed by atoms with Crippen LogP contribution >= 0.6 is 0 Å². The van der Waals surface area contributed by atoms with E-state index in [1.165, 1.54) is 6.07 Å². The van der Waals surface area contributed by atoms with E-state index in [0.717, 1.165) is 72.1 Å². The smallest absolute Gasteiger partial charge is 0.303 e. The quantitative estimate of drug-likeness (QED) is 0.292. The second kappa shape index (κ2) is 10.6. The lowest BCUT2D eigenvalue weighted by atomic mass is 9.87. The topological polar surface area (TPSA) is 65.0 Å². The van der Waals surface area contributed by atoms with E-state index in [0.29, 0.717) is 23.1 Å². The van der Waals surface area contributed by atoms with Crippen LogP contribution in [0.25, 0.3) is 11.1 Å². The Morgan fingerprint density at radius 2 is 1.77 bits per heavy atom. The summed E-state index contributed by atoms with van der Waals surface area (Å²) in [5, 5.41) is 9.46. The Bertz CT molecular complexity index is 1380. The summed E-state index contributed by atoms with van der Waals surface area (Å²) in [5.74, 6) is 1.29. The molecule has 2 saturated carbocycles. The van der Waals surface area contributed by atoms with E-state index in [1.807, 2.05) is 12.1 Å². The van der Waals surface area contributed by atoms with Crippen LogP contribution in [-0.2, 0) is 16.0 Å². The van der Waals surface area contributed by atoms with Gasteiger partial charge in [-0.1, -0.05) is 24.3 Å². The monoisotopic (exact) mass is 530 g/mol. The van der Waals surface area contributed by atoms with Crippen LogP contribution in [-0.4, -0.2) is 25.3 Å². The maximum absolute atomic E-state index is 15.1. The third kappa shape index (κ3) is 5.40. The van der Waals surface area contributed by atoms with Crippen molar-refractivity contribution in [1.29, 1.82) is 0 Å². The standard InChI is InChI=1S/C33H35FO5/c1-37-24-11-13-29(34)27(17-24)25-12-9-23(15-28(25)33(38-2)21-6-7-21)30-14-10-20-5-8-22(16-31(20)39-30)26(18-32(35)36)19-3-4-19/h5,8-9,11-13,15-17,19,21,26,30,33H,3-4,6-7,10,14,18H2,1-2H3,(H,35,36)/t26-,30?,33?/m0/s1. The number of rotatable bonds is 10. The zero-order chi connectivity index (χ0) is 27.1. The molecule has 0 amide bonds. The average Bonchev–Trinajstić information content (AvgIpc) is 3.87. The molecule has 1 heterocycles. The SMILES string of the molecule is COc1ccc(F)c(-c2ccc(C3CCc4ccc([C@@H](CC(=O)O)C5CC5)cc4O3)cc2C(OC)C2CC2)c1. The van der Waals surface area contributed by atoms with Crippen molar-refractivity contribution in [2.45, 2.75) is 63.1 Å². The molecular formula is C33H35FO5. The van der Waals surface area contributed by atoms with Crippen LogP contribution in [0.3, 0.4) is 0 Å². The normalized spacial score (nSPS) is 20.0. The first-order valence-electron chi connectivity index (χ1n) is 14.0. The molecule has 0 aromatic heterocycles. The van der Waals surface area contributed by atoms with Gasteiger partial charge in [0.25, 0.3) is 0 Å². The minimum atomic E-state index is -0.758. The molecular weight excluding hydrogens is 495 g/mol. The number of aliphatic carboxylic acids is 1. The van der Waals surface area contributed by atoms with Crippen LogP contribution in [0.15, 0.2) is 54.6 Å². The summed E-state index contributed by atoms with van der Waals surface area (Å²) in [6.45, 7) is 0. The first-order valence-corrected chi connectivity index (χ1v) is 14.0. The summed E-state index contributed by atoms with van der Waals surface area (Å²) in [7, 11) is 3.31. The maximum atomic E-state index is 15.1. The van der Waals surface area contributed by atoms with E-state index in [9.17, 15) is 9.90 Å². The highest BCUT2D eigenvalue weighted by atomic mass is 19.1. The summed E-state index contributed by atoms with van der Waals surface area (Å²) in [5.41, 5.74) is 5.54. The molecule has 3 atom stereocenters. The molecule has 2 aliphatic carbocycles. The number of hydrogen-bond acceptors (Lipinski definition) is 4. The van der Waals surface area contributed by atoms with E-state index < -0.39 is 5.97 Å². The van der Waals surface area contributed by atoms with Gasteiger partial charge in [-0.2, -0.15) is 0 Å². The molecule has 5 nitrogen and oxygen atoms in total. The minimum absolute atomic E-state index is 0.0291. The van der Waals surface area contributed by atoms with Crippen molar-refractivity contribution < 1.29 is 28.5 Å². The molecule has 3 aromatic rings. The highest BCUT2D eigenvalue weighted by molar-refractivity contribution is 5.71. The molecule has 6 rings (SSSR count). The summed E-state index contributed by atoms with van der Waals surface area (Å²) < 4.78 is 33.0. The van der Waals surface area contributed by atoms with Gasteiger partial charge in [0, 0.05) is 12.7 Å². The number of fused-ring (bicyclic) bond motifs is 1. The molecule has 0 bridgehead atoms. The largest absolute Gasteiger partial charge is 0.497 e. The molecule has 2 unspecified atom stereocenters. The van der Waals surface area contributed by atoms with Gasteiger partial charge in [0.1, 0.15) is 23.4 Å². The van der Waals surface area contributed by atoms with Crippen molar-refractivity contribution in [3.63, 3.8) is 0 Å². The first-order chi connectivity index (χ1) is 18.9. The van der Waals surface area contributed by atoms with Crippen LogP contribution < -0.4 is 9.47 Å². The summed E-state index contributed by atoms with van der Waals surface area (Å²) in [6, 6.07) is 17.2. The van der Waals surface area contributed by atoms with Gasteiger partial charge in [-0.05, 0) is 114 Å². The number of ether oxygens (including phenoxy) is 3. The summed E-state index contributed by atoms with van der Waals surface area (Å²) in [4.78, 5) is 11.5. The van der Waals surface area contributed by atoms with Gasteiger partial charge in [-0.3, -0.25) is 4.79 Å². The van der Waals surface area contributed by atoms with Crippen LogP contribution in [0.4, 0.5) is 4.39 Å². The zero-order valence-electron chi connectivity index (χ0n) is 22.5. The number of aryl methyl sites for hydroxylation is 1. The van der Waals surface area contributed by atoms with E-state index in [-0.39, 0.29) is 30.4 Å². The number of hydrogen-bond donors (Lipinski definition) is 1. The van der Waals surface area contributed by atoms with Crippen molar-refractivity contribution in [1.82, 2.24) is 0 Å². The highest BCUT2D eigenvalue weighted by Gasteiger charge is 2.36. The highest BCUT2D eigenvalue weighted by Crippen LogP contribution is 2.49.